The van der Waals surface area contributed by atoms with Gasteiger partial charge in [0.2, 0.25) is 0 Å². The average Bonchev–Trinajstić information content (AvgIpc) is 3.44. The molecule has 152 valence electrons. The summed E-state index contributed by atoms with van der Waals surface area (Å²) in [4.78, 5) is 4.39. The van der Waals surface area contributed by atoms with Crippen LogP contribution in [0.15, 0.2) is 42.7 Å². The van der Waals surface area contributed by atoms with Crippen LogP contribution in [0.5, 0.6) is 0 Å². The molecule has 0 aliphatic carbocycles. The van der Waals surface area contributed by atoms with E-state index in [1.807, 2.05) is 23.0 Å². The van der Waals surface area contributed by atoms with Gasteiger partial charge in [-0.15, -0.1) is 0 Å². The second kappa shape index (κ2) is 7.39. The van der Waals surface area contributed by atoms with Crippen molar-refractivity contribution in [3.05, 3.63) is 65.5 Å². The molecule has 2 aliphatic rings. The molecular weight excluding hydrogens is 374 g/mol. The molecule has 2 saturated heterocycles. The van der Waals surface area contributed by atoms with Crippen molar-refractivity contribution in [2.75, 3.05) is 24.5 Å². The van der Waals surface area contributed by atoms with Crippen LogP contribution in [0.25, 0.3) is 5.52 Å². The number of rotatable bonds is 4. The van der Waals surface area contributed by atoms with E-state index in [4.69, 9.17) is 0 Å². The van der Waals surface area contributed by atoms with Crippen molar-refractivity contribution in [1.29, 1.82) is 0 Å². The van der Waals surface area contributed by atoms with Gasteiger partial charge in [0.1, 0.15) is 11.6 Å². The number of aromatic nitrogens is 2. The first kappa shape index (κ1) is 18.5. The number of aliphatic hydroxyl groups is 1. The monoisotopic (exact) mass is 398 g/mol. The number of hydrogen-bond donors (Lipinski definition) is 1. The highest BCUT2D eigenvalue weighted by atomic mass is 19.1. The van der Waals surface area contributed by atoms with Gasteiger partial charge in [-0.3, -0.25) is 4.90 Å². The van der Waals surface area contributed by atoms with Crippen molar-refractivity contribution in [3.63, 3.8) is 0 Å². The van der Waals surface area contributed by atoms with Gasteiger partial charge in [-0.2, -0.15) is 5.10 Å². The molecule has 2 fully saturated rings. The van der Waals surface area contributed by atoms with E-state index < -0.39 is 5.82 Å². The Morgan fingerprint density at radius 1 is 1.10 bits per heavy atom. The van der Waals surface area contributed by atoms with E-state index in [1.54, 1.807) is 0 Å². The van der Waals surface area contributed by atoms with Gasteiger partial charge >= 0.3 is 0 Å². The maximum Gasteiger partial charge on any atom is 0.128 e. The molecule has 7 heteroatoms. The first-order valence-electron chi connectivity index (χ1n) is 10.2. The molecule has 3 aromatic rings. The van der Waals surface area contributed by atoms with Crippen molar-refractivity contribution >= 4 is 11.2 Å². The summed E-state index contributed by atoms with van der Waals surface area (Å²) in [6.45, 7) is 3.11. The normalized spacial score (nSPS) is 22.8. The molecule has 0 saturated carbocycles. The van der Waals surface area contributed by atoms with Crippen LogP contribution in [0.1, 0.15) is 36.4 Å². The molecule has 4 heterocycles. The fourth-order valence-electron chi connectivity index (χ4n) is 4.69. The zero-order chi connectivity index (χ0) is 20.0. The Kier molecular flexibility index (Phi) is 4.72. The lowest BCUT2D eigenvalue weighted by Crippen LogP contribution is -2.23. The van der Waals surface area contributed by atoms with E-state index >= 15 is 0 Å². The van der Waals surface area contributed by atoms with Crippen LogP contribution in [-0.2, 0) is 6.54 Å². The Morgan fingerprint density at radius 3 is 2.83 bits per heavy atom. The van der Waals surface area contributed by atoms with Crippen molar-refractivity contribution in [1.82, 2.24) is 14.5 Å². The number of aliphatic hydroxyl groups excluding tert-OH is 1. The number of halogens is 2. The molecule has 1 unspecified atom stereocenters. The molecule has 1 N–H and O–H groups in total. The van der Waals surface area contributed by atoms with E-state index in [9.17, 15) is 13.9 Å². The summed E-state index contributed by atoms with van der Waals surface area (Å²) in [5.74, 6) is -0.767. The Bertz CT molecular complexity index is 1040. The third-order valence-electron chi connectivity index (χ3n) is 6.13. The number of nitrogens with zero attached hydrogens (tertiary/aromatic N) is 4. The van der Waals surface area contributed by atoms with Crippen LogP contribution < -0.4 is 4.90 Å². The van der Waals surface area contributed by atoms with Crippen molar-refractivity contribution in [2.24, 2.45) is 0 Å². The Labute approximate surface area is 168 Å². The third-order valence-corrected chi connectivity index (χ3v) is 6.13. The van der Waals surface area contributed by atoms with Gasteiger partial charge in [0.05, 0.1) is 23.9 Å². The van der Waals surface area contributed by atoms with Crippen LogP contribution in [0.3, 0.4) is 0 Å². The topological polar surface area (TPSA) is 44.0 Å². The number of pyridine rings is 1. The predicted octanol–water partition coefficient (Wildman–Crippen LogP) is 3.52. The van der Waals surface area contributed by atoms with Crippen molar-refractivity contribution in [3.8, 4) is 0 Å². The van der Waals surface area contributed by atoms with E-state index in [0.29, 0.717) is 12.1 Å². The van der Waals surface area contributed by atoms with Crippen LogP contribution in [0.2, 0.25) is 0 Å². The second-order valence-corrected chi connectivity index (χ2v) is 8.08. The maximum absolute atomic E-state index is 14.4. The van der Waals surface area contributed by atoms with Gasteiger partial charge in [0.15, 0.2) is 0 Å². The number of benzene rings is 1. The summed E-state index contributed by atoms with van der Waals surface area (Å²) in [7, 11) is 0. The molecule has 5 nitrogen and oxygen atoms in total. The summed E-state index contributed by atoms with van der Waals surface area (Å²) in [5, 5.41) is 14.2. The summed E-state index contributed by atoms with van der Waals surface area (Å²) in [6.07, 6.45) is 6.08. The van der Waals surface area contributed by atoms with Gasteiger partial charge in [0.25, 0.3) is 0 Å². The zero-order valence-corrected chi connectivity index (χ0v) is 16.1. The quantitative estimate of drug-likeness (QED) is 0.730. The van der Waals surface area contributed by atoms with Crippen LogP contribution in [0, 0.1) is 11.6 Å². The van der Waals surface area contributed by atoms with Crippen LogP contribution in [0.4, 0.5) is 14.5 Å². The Hall–Kier alpha value is -2.51. The summed E-state index contributed by atoms with van der Waals surface area (Å²) >= 11 is 0. The molecule has 29 heavy (non-hydrogen) atoms. The van der Waals surface area contributed by atoms with E-state index in [0.717, 1.165) is 61.7 Å². The van der Waals surface area contributed by atoms with Crippen molar-refractivity contribution < 1.29 is 13.9 Å². The molecule has 2 atom stereocenters. The molecule has 0 amide bonds. The van der Waals surface area contributed by atoms with Crippen molar-refractivity contribution in [2.45, 2.75) is 38.0 Å². The van der Waals surface area contributed by atoms with Gasteiger partial charge < -0.3 is 10.0 Å². The fraction of sp³-hybridized carbons (Fsp3) is 0.409. The minimum atomic E-state index is -0.408. The minimum Gasteiger partial charge on any atom is -0.392 e. The highest BCUT2D eigenvalue weighted by Crippen LogP contribution is 2.38. The van der Waals surface area contributed by atoms with E-state index in [2.05, 4.69) is 21.0 Å². The SMILES string of the molecule is O[C@H]1CCN(Cc2cnn3ccc(N4CCCC4c4cc(F)ccc4F)cc23)C1. The lowest BCUT2D eigenvalue weighted by atomic mass is 10.0. The minimum absolute atomic E-state index is 0.173. The lowest BCUT2D eigenvalue weighted by Gasteiger charge is -2.27. The van der Waals surface area contributed by atoms with Gasteiger partial charge in [-0.05, 0) is 49.6 Å². The summed E-state index contributed by atoms with van der Waals surface area (Å²) in [6, 6.07) is 7.60. The first-order valence-corrected chi connectivity index (χ1v) is 10.2. The molecule has 0 radical (unpaired) electrons. The molecular formula is C22H24F2N4O. The molecule has 2 aliphatic heterocycles. The van der Waals surface area contributed by atoms with Gasteiger partial charge in [-0.25, -0.2) is 13.3 Å². The zero-order valence-electron chi connectivity index (χ0n) is 16.1. The second-order valence-electron chi connectivity index (χ2n) is 8.08. The average molecular weight is 398 g/mol. The first-order chi connectivity index (χ1) is 14.1. The summed E-state index contributed by atoms with van der Waals surface area (Å²) in [5.41, 5.74) is 3.52. The molecule has 0 bridgehead atoms. The van der Waals surface area contributed by atoms with Gasteiger partial charge in [0, 0.05) is 49.2 Å². The van der Waals surface area contributed by atoms with Crippen LogP contribution >= 0.6 is 0 Å². The standard InChI is InChI=1S/C22H24F2N4O/c23-16-3-4-20(24)19(10-16)21-2-1-7-27(21)17-5-9-28-22(11-17)15(12-25-28)13-26-8-6-18(29)14-26/h3-5,9-12,18,21,29H,1-2,6-8,13-14H2/t18-,21?/m0/s1. The number of β-amino-alcohol motifs (C(OH)–C–C–N with tert-alkyl or cyclic N) is 1. The van der Waals surface area contributed by atoms with E-state index in [-0.39, 0.29) is 18.0 Å². The fourth-order valence-corrected chi connectivity index (χ4v) is 4.69. The predicted molar refractivity (Wildman–Crippen MR) is 107 cm³/mol. The lowest BCUT2D eigenvalue weighted by molar-refractivity contribution is 0.175. The highest BCUT2D eigenvalue weighted by Gasteiger charge is 2.29. The number of hydrogen-bond acceptors (Lipinski definition) is 4. The molecule has 1 aromatic carbocycles. The molecule has 2 aromatic heterocycles. The number of anilines is 1. The van der Waals surface area contributed by atoms with Gasteiger partial charge in [-0.1, -0.05) is 0 Å². The Morgan fingerprint density at radius 2 is 2.00 bits per heavy atom. The smallest absolute Gasteiger partial charge is 0.128 e. The largest absolute Gasteiger partial charge is 0.392 e. The molecule has 5 rings (SSSR count). The number of likely N-dealkylation sites (tertiary alicyclic amines) is 1. The third kappa shape index (κ3) is 3.49. The Balaban J connectivity index is 1.46. The number of fused-ring (bicyclic) bond motifs is 1. The summed E-state index contributed by atoms with van der Waals surface area (Å²) < 4.78 is 30.0. The van der Waals surface area contributed by atoms with Crippen LogP contribution in [-0.4, -0.2) is 45.4 Å². The maximum atomic E-state index is 14.4. The molecule has 0 spiro atoms. The van der Waals surface area contributed by atoms with E-state index in [1.165, 1.54) is 12.1 Å². The highest BCUT2D eigenvalue weighted by molar-refractivity contribution is 5.64.